The number of rotatable bonds is 4. The Balaban J connectivity index is 1.78. The highest BCUT2D eigenvalue weighted by atomic mass is 19.1. The van der Waals surface area contributed by atoms with Crippen LogP contribution in [0.3, 0.4) is 0 Å². The molecule has 1 heterocycles. The number of nitrogens with zero attached hydrogens (tertiary/aromatic N) is 2. The number of benzene rings is 2. The molecule has 0 saturated heterocycles. The van der Waals surface area contributed by atoms with Gasteiger partial charge < -0.3 is 10.6 Å². The van der Waals surface area contributed by atoms with Crippen LogP contribution in [0.25, 0.3) is 0 Å². The van der Waals surface area contributed by atoms with Crippen LogP contribution in [0.1, 0.15) is 21.6 Å². The number of nitrogens with one attached hydrogen (secondary N) is 2. The summed E-state index contributed by atoms with van der Waals surface area (Å²) in [7, 11) is 0. The van der Waals surface area contributed by atoms with Gasteiger partial charge in [-0.2, -0.15) is 0 Å². The molecule has 0 atom stereocenters. The van der Waals surface area contributed by atoms with Gasteiger partial charge in [0.05, 0.1) is 0 Å². The monoisotopic (exact) mass is 336 g/mol. The SMILES string of the molecule is Cc1ccc(C)c(NC(=O)c2ccnc(Nc3cccc(F)c3)n2)c1. The molecule has 5 nitrogen and oxygen atoms in total. The van der Waals surface area contributed by atoms with Crippen molar-refractivity contribution in [2.75, 3.05) is 10.6 Å². The van der Waals surface area contributed by atoms with Crippen molar-refractivity contribution in [3.8, 4) is 0 Å². The third kappa shape index (κ3) is 4.17. The Morgan fingerprint density at radius 3 is 2.72 bits per heavy atom. The molecule has 0 saturated carbocycles. The molecule has 3 rings (SSSR count). The lowest BCUT2D eigenvalue weighted by Gasteiger charge is -2.10. The first-order valence-electron chi connectivity index (χ1n) is 7.75. The predicted molar refractivity (Wildman–Crippen MR) is 95.6 cm³/mol. The largest absolute Gasteiger partial charge is 0.324 e. The fourth-order valence-corrected chi connectivity index (χ4v) is 2.30. The Morgan fingerprint density at radius 1 is 1.08 bits per heavy atom. The normalized spacial score (nSPS) is 10.4. The van der Waals surface area contributed by atoms with Crippen LogP contribution in [0.5, 0.6) is 0 Å². The predicted octanol–water partition coefficient (Wildman–Crippen LogP) is 4.23. The van der Waals surface area contributed by atoms with E-state index in [-0.39, 0.29) is 23.4 Å². The molecule has 25 heavy (non-hydrogen) atoms. The molecule has 1 aromatic heterocycles. The van der Waals surface area contributed by atoms with E-state index in [0.717, 1.165) is 16.8 Å². The average Bonchev–Trinajstić information content (AvgIpc) is 2.58. The van der Waals surface area contributed by atoms with Crippen LogP contribution in [0, 0.1) is 19.7 Å². The second kappa shape index (κ2) is 7.09. The van der Waals surface area contributed by atoms with E-state index >= 15 is 0 Å². The first kappa shape index (κ1) is 16.6. The zero-order valence-electron chi connectivity index (χ0n) is 13.9. The Labute approximate surface area is 145 Å². The van der Waals surface area contributed by atoms with Gasteiger partial charge in [-0.05, 0) is 55.3 Å². The highest BCUT2D eigenvalue weighted by molar-refractivity contribution is 6.03. The van der Waals surface area contributed by atoms with Gasteiger partial charge in [-0.3, -0.25) is 4.79 Å². The molecule has 126 valence electrons. The van der Waals surface area contributed by atoms with Crippen LogP contribution in [0.2, 0.25) is 0 Å². The molecule has 1 amide bonds. The molecule has 2 N–H and O–H groups in total. The van der Waals surface area contributed by atoms with Crippen LogP contribution in [0.15, 0.2) is 54.7 Å². The Hall–Kier alpha value is -3.28. The fraction of sp³-hybridized carbons (Fsp3) is 0.105. The summed E-state index contributed by atoms with van der Waals surface area (Å²) in [6.07, 6.45) is 1.48. The van der Waals surface area contributed by atoms with Crippen molar-refractivity contribution in [2.45, 2.75) is 13.8 Å². The van der Waals surface area contributed by atoms with Crippen LogP contribution in [-0.2, 0) is 0 Å². The number of hydrogen-bond donors (Lipinski definition) is 2. The summed E-state index contributed by atoms with van der Waals surface area (Å²) in [5.41, 5.74) is 3.48. The number of carbonyl (C=O) groups is 1. The van der Waals surface area contributed by atoms with Crippen LogP contribution < -0.4 is 10.6 Å². The maximum Gasteiger partial charge on any atom is 0.274 e. The minimum Gasteiger partial charge on any atom is -0.324 e. The minimum atomic E-state index is -0.367. The van der Waals surface area contributed by atoms with Crippen LogP contribution in [-0.4, -0.2) is 15.9 Å². The van der Waals surface area contributed by atoms with Gasteiger partial charge in [-0.25, -0.2) is 14.4 Å². The Morgan fingerprint density at radius 2 is 1.92 bits per heavy atom. The van der Waals surface area contributed by atoms with Crippen molar-refractivity contribution in [1.82, 2.24) is 9.97 Å². The number of halogens is 1. The molecule has 0 bridgehead atoms. The topological polar surface area (TPSA) is 66.9 Å². The van der Waals surface area contributed by atoms with E-state index in [1.165, 1.54) is 24.4 Å². The van der Waals surface area contributed by atoms with E-state index in [1.54, 1.807) is 12.1 Å². The smallest absolute Gasteiger partial charge is 0.274 e. The molecule has 0 aliphatic carbocycles. The maximum atomic E-state index is 13.2. The highest BCUT2D eigenvalue weighted by Crippen LogP contribution is 2.18. The van der Waals surface area contributed by atoms with E-state index in [4.69, 9.17) is 0 Å². The number of aryl methyl sites for hydroxylation is 2. The third-order valence-corrected chi connectivity index (χ3v) is 3.61. The van der Waals surface area contributed by atoms with E-state index in [2.05, 4.69) is 20.6 Å². The average molecular weight is 336 g/mol. The van der Waals surface area contributed by atoms with Gasteiger partial charge in [0.25, 0.3) is 5.91 Å². The molecule has 6 heteroatoms. The fourth-order valence-electron chi connectivity index (χ4n) is 2.30. The molecular formula is C19H17FN4O. The van der Waals surface area contributed by atoms with E-state index < -0.39 is 0 Å². The van der Waals surface area contributed by atoms with Crippen molar-refractivity contribution in [2.24, 2.45) is 0 Å². The Kier molecular flexibility index (Phi) is 4.70. The summed E-state index contributed by atoms with van der Waals surface area (Å²) >= 11 is 0. The zero-order chi connectivity index (χ0) is 17.8. The molecule has 3 aromatic rings. The Bertz CT molecular complexity index is 927. The zero-order valence-corrected chi connectivity index (χ0v) is 13.9. The van der Waals surface area contributed by atoms with Gasteiger partial charge in [0, 0.05) is 17.6 Å². The van der Waals surface area contributed by atoms with Crippen molar-refractivity contribution >= 4 is 23.2 Å². The van der Waals surface area contributed by atoms with Gasteiger partial charge in [0.2, 0.25) is 5.95 Å². The summed E-state index contributed by atoms with van der Waals surface area (Å²) in [5.74, 6) is -0.480. The van der Waals surface area contributed by atoms with Crippen molar-refractivity contribution < 1.29 is 9.18 Å². The molecule has 0 aliphatic heterocycles. The standard InChI is InChI=1S/C19H17FN4O/c1-12-6-7-13(2)17(10-12)23-18(25)16-8-9-21-19(24-16)22-15-5-3-4-14(20)11-15/h3-11H,1-2H3,(H,23,25)(H,21,22,24). The van der Waals surface area contributed by atoms with Gasteiger partial charge >= 0.3 is 0 Å². The molecular weight excluding hydrogens is 319 g/mol. The van der Waals surface area contributed by atoms with E-state index in [0.29, 0.717) is 5.69 Å². The lowest BCUT2D eigenvalue weighted by molar-refractivity contribution is 0.102. The summed E-state index contributed by atoms with van der Waals surface area (Å²) in [5, 5.41) is 5.73. The molecule has 0 radical (unpaired) electrons. The quantitative estimate of drug-likeness (QED) is 0.748. The summed E-state index contributed by atoms with van der Waals surface area (Å²) in [4.78, 5) is 20.7. The summed E-state index contributed by atoms with van der Waals surface area (Å²) in [6, 6.07) is 13.3. The second-order valence-corrected chi connectivity index (χ2v) is 5.67. The second-order valence-electron chi connectivity index (χ2n) is 5.67. The molecule has 2 aromatic carbocycles. The summed E-state index contributed by atoms with van der Waals surface area (Å²) < 4.78 is 13.2. The number of carbonyl (C=O) groups excluding carboxylic acids is 1. The third-order valence-electron chi connectivity index (χ3n) is 3.61. The number of amides is 1. The van der Waals surface area contributed by atoms with Crippen LogP contribution in [0.4, 0.5) is 21.7 Å². The lowest BCUT2D eigenvalue weighted by atomic mass is 10.1. The molecule has 0 unspecified atom stereocenters. The van der Waals surface area contributed by atoms with E-state index in [9.17, 15) is 9.18 Å². The van der Waals surface area contributed by atoms with Crippen LogP contribution >= 0.6 is 0 Å². The molecule has 0 spiro atoms. The first-order chi connectivity index (χ1) is 12.0. The van der Waals surface area contributed by atoms with Gasteiger partial charge in [0.15, 0.2) is 0 Å². The van der Waals surface area contributed by atoms with Gasteiger partial charge in [-0.1, -0.05) is 18.2 Å². The molecule has 0 fully saturated rings. The van der Waals surface area contributed by atoms with Gasteiger partial charge in [0.1, 0.15) is 11.5 Å². The highest BCUT2D eigenvalue weighted by Gasteiger charge is 2.11. The van der Waals surface area contributed by atoms with E-state index in [1.807, 2.05) is 32.0 Å². The first-order valence-corrected chi connectivity index (χ1v) is 7.75. The van der Waals surface area contributed by atoms with Crippen molar-refractivity contribution in [3.05, 3.63) is 77.4 Å². The van der Waals surface area contributed by atoms with Gasteiger partial charge in [-0.15, -0.1) is 0 Å². The maximum absolute atomic E-state index is 13.2. The minimum absolute atomic E-state index is 0.217. The molecule has 0 aliphatic rings. The number of hydrogen-bond acceptors (Lipinski definition) is 4. The summed E-state index contributed by atoms with van der Waals surface area (Å²) in [6.45, 7) is 3.88. The number of anilines is 3. The lowest BCUT2D eigenvalue weighted by Crippen LogP contribution is -2.15. The van der Waals surface area contributed by atoms with Crippen molar-refractivity contribution in [1.29, 1.82) is 0 Å². The van der Waals surface area contributed by atoms with Crippen molar-refractivity contribution in [3.63, 3.8) is 0 Å². The number of aromatic nitrogens is 2.